The van der Waals surface area contributed by atoms with Crippen molar-refractivity contribution in [3.05, 3.63) is 21.2 Å². The van der Waals surface area contributed by atoms with Crippen molar-refractivity contribution in [1.29, 1.82) is 0 Å². The normalized spacial score (nSPS) is 29.4. The lowest BCUT2D eigenvalue weighted by atomic mass is 10.1. The van der Waals surface area contributed by atoms with Gasteiger partial charge in [-0.25, -0.2) is 9.97 Å². The van der Waals surface area contributed by atoms with E-state index in [2.05, 4.69) is 32.6 Å². The van der Waals surface area contributed by atoms with Crippen LogP contribution in [0.1, 0.15) is 6.23 Å². The van der Waals surface area contributed by atoms with Crippen LogP contribution < -0.4 is 0 Å². The standard InChI is InChI=1S/C12H13ClIN3O4/c1-20-9-8(19)6(3-18)21-12(9)17-2-5(14)7-10(13)15-4-16-11(7)17/h2,4,6,8-9,12,18-19H,3H2,1H3/t6-,8-,9-,12-/m1/s1. The number of aliphatic hydroxyl groups excluding tert-OH is 2. The number of methoxy groups -OCH3 is 1. The second-order valence-corrected chi connectivity index (χ2v) is 6.21. The van der Waals surface area contributed by atoms with E-state index in [0.717, 1.165) is 8.96 Å². The van der Waals surface area contributed by atoms with Gasteiger partial charge in [-0.2, -0.15) is 0 Å². The molecule has 21 heavy (non-hydrogen) atoms. The summed E-state index contributed by atoms with van der Waals surface area (Å²) in [6.45, 7) is -0.288. The zero-order valence-corrected chi connectivity index (χ0v) is 13.9. The van der Waals surface area contributed by atoms with Gasteiger partial charge in [-0.15, -0.1) is 0 Å². The van der Waals surface area contributed by atoms with Crippen molar-refractivity contribution in [1.82, 2.24) is 14.5 Å². The van der Waals surface area contributed by atoms with Crippen LogP contribution in [-0.4, -0.2) is 56.8 Å². The number of hydrogen-bond donors (Lipinski definition) is 2. The van der Waals surface area contributed by atoms with Crippen molar-refractivity contribution in [2.45, 2.75) is 24.5 Å². The monoisotopic (exact) mass is 425 g/mol. The van der Waals surface area contributed by atoms with Gasteiger partial charge in [-0.1, -0.05) is 11.6 Å². The molecule has 114 valence electrons. The molecule has 4 atom stereocenters. The number of hydrogen-bond acceptors (Lipinski definition) is 6. The fourth-order valence-electron chi connectivity index (χ4n) is 2.55. The SMILES string of the molecule is CO[C@@H]1[C@H](O)[C@@H](CO)O[C@H]1n1cc(I)c2c(Cl)ncnc21. The average Bonchev–Trinajstić information content (AvgIpc) is 2.97. The van der Waals surface area contributed by atoms with Gasteiger partial charge in [-0.3, -0.25) is 0 Å². The summed E-state index contributed by atoms with van der Waals surface area (Å²) in [6, 6.07) is 0. The summed E-state index contributed by atoms with van der Waals surface area (Å²) in [4.78, 5) is 8.20. The smallest absolute Gasteiger partial charge is 0.164 e. The molecule has 0 saturated carbocycles. The molecular weight excluding hydrogens is 413 g/mol. The maximum Gasteiger partial charge on any atom is 0.164 e. The Morgan fingerprint density at radius 1 is 1.52 bits per heavy atom. The van der Waals surface area contributed by atoms with E-state index < -0.39 is 24.5 Å². The third-order valence-electron chi connectivity index (χ3n) is 3.56. The second-order valence-electron chi connectivity index (χ2n) is 4.69. The highest BCUT2D eigenvalue weighted by atomic mass is 127. The molecule has 0 bridgehead atoms. The highest BCUT2D eigenvalue weighted by Gasteiger charge is 2.45. The zero-order chi connectivity index (χ0) is 15.1. The van der Waals surface area contributed by atoms with Crippen molar-refractivity contribution in [2.75, 3.05) is 13.7 Å². The van der Waals surface area contributed by atoms with E-state index >= 15 is 0 Å². The van der Waals surface area contributed by atoms with Gasteiger partial charge in [0.15, 0.2) is 6.23 Å². The van der Waals surface area contributed by atoms with Gasteiger partial charge >= 0.3 is 0 Å². The van der Waals surface area contributed by atoms with Crippen LogP contribution in [0.4, 0.5) is 0 Å². The number of nitrogens with zero attached hydrogens (tertiary/aromatic N) is 3. The Labute approximate surface area is 139 Å². The van der Waals surface area contributed by atoms with Crippen molar-refractivity contribution in [2.24, 2.45) is 0 Å². The Morgan fingerprint density at radius 3 is 2.95 bits per heavy atom. The van der Waals surface area contributed by atoms with E-state index in [1.807, 2.05) is 6.20 Å². The molecule has 3 heterocycles. The van der Waals surface area contributed by atoms with Crippen molar-refractivity contribution in [3.8, 4) is 0 Å². The second kappa shape index (κ2) is 5.94. The molecule has 3 rings (SSSR count). The average molecular weight is 426 g/mol. The van der Waals surface area contributed by atoms with Crippen LogP contribution in [0.2, 0.25) is 5.15 Å². The Balaban J connectivity index is 2.10. The lowest BCUT2D eigenvalue weighted by molar-refractivity contribution is -0.0581. The third-order valence-corrected chi connectivity index (χ3v) is 4.66. The molecule has 2 N–H and O–H groups in total. The summed E-state index contributed by atoms with van der Waals surface area (Å²) in [6.07, 6.45) is 0.356. The number of ether oxygens (including phenoxy) is 2. The van der Waals surface area contributed by atoms with Crippen molar-refractivity contribution >= 4 is 45.2 Å². The lowest BCUT2D eigenvalue weighted by Gasteiger charge is -2.20. The van der Waals surface area contributed by atoms with Crippen LogP contribution >= 0.6 is 34.2 Å². The van der Waals surface area contributed by atoms with Crippen LogP contribution in [0.5, 0.6) is 0 Å². The van der Waals surface area contributed by atoms with E-state index in [4.69, 9.17) is 21.1 Å². The summed E-state index contributed by atoms with van der Waals surface area (Å²) in [5.74, 6) is 0. The minimum Gasteiger partial charge on any atom is -0.394 e. The van der Waals surface area contributed by atoms with E-state index in [-0.39, 0.29) is 6.61 Å². The molecule has 1 saturated heterocycles. The summed E-state index contributed by atoms with van der Waals surface area (Å²) >= 11 is 8.24. The minimum absolute atomic E-state index is 0.288. The molecule has 1 aliphatic rings. The van der Waals surface area contributed by atoms with Crippen molar-refractivity contribution < 1.29 is 19.7 Å². The number of halogens is 2. The van der Waals surface area contributed by atoms with Gasteiger partial charge in [0.1, 0.15) is 35.4 Å². The molecule has 0 aliphatic carbocycles. The molecule has 2 aromatic heterocycles. The molecule has 0 amide bonds. The third kappa shape index (κ3) is 2.43. The Morgan fingerprint density at radius 2 is 2.29 bits per heavy atom. The van der Waals surface area contributed by atoms with Crippen molar-refractivity contribution in [3.63, 3.8) is 0 Å². The van der Waals surface area contributed by atoms with Crippen LogP contribution in [0.3, 0.4) is 0 Å². The summed E-state index contributed by atoms with van der Waals surface area (Å²) in [5, 5.41) is 20.5. The van der Waals surface area contributed by atoms with E-state index in [1.165, 1.54) is 13.4 Å². The Kier molecular flexibility index (Phi) is 4.35. The first-order chi connectivity index (χ1) is 10.1. The predicted octanol–water partition coefficient (Wildman–Crippen LogP) is 0.955. The number of rotatable bonds is 3. The molecule has 0 unspecified atom stereocenters. The maximum atomic E-state index is 10.1. The largest absolute Gasteiger partial charge is 0.394 e. The molecule has 0 radical (unpaired) electrons. The van der Waals surface area contributed by atoms with Gasteiger partial charge in [0.25, 0.3) is 0 Å². The topological polar surface area (TPSA) is 89.6 Å². The summed E-state index contributed by atoms with van der Waals surface area (Å²) in [7, 11) is 1.49. The highest BCUT2D eigenvalue weighted by Crippen LogP contribution is 2.36. The lowest BCUT2D eigenvalue weighted by Crippen LogP contribution is -2.34. The molecule has 0 aromatic carbocycles. The number of aliphatic hydroxyl groups is 2. The Bertz CT molecular complexity index is 667. The Hall–Kier alpha value is -0.520. The fraction of sp³-hybridized carbons (Fsp3) is 0.500. The molecule has 7 nitrogen and oxygen atoms in total. The maximum absolute atomic E-state index is 10.1. The number of aromatic nitrogens is 3. The molecule has 1 fully saturated rings. The van der Waals surface area contributed by atoms with Crippen LogP contribution in [0.15, 0.2) is 12.5 Å². The van der Waals surface area contributed by atoms with Gasteiger partial charge in [0.2, 0.25) is 0 Å². The summed E-state index contributed by atoms with van der Waals surface area (Å²) in [5.41, 5.74) is 0.595. The van der Waals surface area contributed by atoms with Gasteiger partial charge in [0.05, 0.1) is 12.0 Å². The van der Waals surface area contributed by atoms with E-state index in [9.17, 15) is 10.2 Å². The molecular formula is C12H13ClIN3O4. The first-order valence-corrected chi connectivity index (χ1v) is 7.67. The van der Waals surface area contributed by atoms with Gasteiger partial charge in [0, 0.05) is 16.9 Å². The van der Waals surface area contributed by atoms with E-state index in [1.54, 1.807) is 4.57 Å². The molecule has 9 heteroatoms. The first-order valence-electron chi connectivity index (χ1n) is 6.22. The van der Waals surface area contributed by atoms with Gasteiger partial charge in [-0.05, 0) is 22.6 Å². The van der Waals surface area contributed by atoms with Crippen LogP contribution in [0, 0.1) is 3.57 Å². The highest BCUT2D eigenvalue weighted by molar-refractivity contribution is 14.1. The van der Waals surface area contributed by atoms with Crippen LogP contribution in [0.25, 0.3) is 11.0 Å². The quantitative estimate of drug-likeness (QED) is 0.562. The minimum atomic E-state index is -0.919. The first kappa shape index (κ1) is 15.4. The van der Waals surface area contributed by atoms with Crippen LogP contribution in [-0.2, 0) is 9.47 Å². The molecule has 1 aliphatic heterocycles. The number of fused-ring (bicyclic) bond motifs is 1. The fourth-order valence-corrected chi connectivity index (χ4v) is 3.73. The van der Waals surface area contributed by atoms with Gasteiger partial charge < -0.3 is 24.3 Å². The van der Waals surface area contributed by atoms with E-state index in [0.29, 0.717) is 10.8 Å². The summed E-state index contributed by atoms with van der Waals surface area (Å²) < 4.78 is 13.6. The molecule has 2 aromatic rings. The molecule has 0 spiro atoms. The zero-order valence-electron chi connectivity index (χ0n) is 11.0. The predicted molar refractivity (Wildman–Crippen MR) is 83.1 cm³/mol.